The van der Waals surface area contributed by atoms with Crippen LogP contribution in [0, 0.1) is 0 Å². The Morgan fingerprint density at radius 3 is 1.52 bits per heavy atom. The lowest BCUT2D eigenvalue weighted by Crippen LogP contribution is -1.92. The maximum absolute atomic E-state index is 5.21. The van der Waals surface area contributed by atoms with Gasteiger partial charge in [0.2, 0.25) is 0 Å². The van der Waals surface area contributed by atoms with E-state index in [-0.39, 0.29) is 0 Å². The molecule has 0 amide bonds. The predicted molar refractivity (Wildman–Crippen MR) is 192 cm³/mol. The molecule has 3 heterocycles. The average molecular weight is 586 g/mol. The minimum atomic E-state index is 0.936. The molecule has 0 spiro atoms. The first-order chi connectivity index (χ1) is 22.7. The van der Waals surface area contributed by atoms with Gasteiger partial charge in [-0.1, -0.05) is 91.0 Å². The molecule has 0 fully saturated rings. The van der Waals surface area contributed by atoms with E-state index in [0.29, 0.717) is 0 Å². The third kappa shape index (κ3) is 4.66. The SMILES string of the molecule is c1ccc2cc3c(-c4ccc(-c5cc(-c6ccc7cnccc7c6)nc(-c6ccc7cnccc7c6)c5)cc4)cccc3cc2c1. The summed E-state index contributed by atoms with van der Waals surface area (Å²) in [5, 5.41) is 9.55. The zero-order chi connectivity index (χ0) is 30.5. The molecule has 0 unspecified atom stereocenters. The lowest BCUT2D eigenvalue weighted by Gasteiger charge is -2.13. The lowest BCUT2D eigenvalue weighted by atomic mass is 9.93. The van der Waals surface area contributed by atoms with Crippen molar-refractivity contribution in [3.05, 3.63) is 164 Å². The van der Waals surface area contributed by atoms with Crippen LogP contribution in [0.3, 0.4) is 0 Å². The number of hydrogen-bond donors (Lipinski definition) is 0. The van der Waals surface area contributed by atoms with Crippen molar-refractivity contribution in [1.82, 2.24) is 15.0 Å². The van der Waals surface area contributed by atoms with E-state index in [1.807, 2.05) is 24.8 Å². The van der Waals surface area contributed by atoms with Crippen molar-refractivity contribution < 1.29 is 0 Å². The predicted octanol–water partition coefficient (Wildman–Crippen LogP) is 11.2. The molecule has 0 radical (unpaired) electrons. The van der Waals surface area contributed by atoms with Crippen molar-refractivity contribution in [3.8, 4) is 44.8 Å². The molecule has 0 N–H and O–H groups in total. The third-order valence-corrected chi connectivity index (χ3v) is 8.97. The van der Waals surface area contributed by atoms with Gasteiger partial charge in [-0.15, -0.1) is 0 Å². The summed E-state index contributed by atoms with van der Waals surface area (Å²) in [7, 11) is 0. The van der Waals surface area contributed by atoms with E-state index < -0.39 is 0 Å². The Kier molecular flexibility index (Phi) is 6.14. The van der Waals surface area contributed by atoms with Crippen LogP contribution < -0.4 is 0 Å². The first kappa shape index (κ1) is 26.2. The summed E-state index contributed by atoms with van der Waals surface area (Å²) in [6.07, 6.45) is 7.48. The molecule has 3 heteroatoms. The maximum Gasteiger partial charge on any atom is 0.0715 e. The van der Waals surface area contributed by atoms with E-state index in [1.54, 1.807) is 0 Å². The Bertz CT molecular complexity index is 2490. The van der Waals surface area contributed by atoms with Crippen LogP contribution in [0.1, 0.15) is 0 Å². The van der Waals surface area contributed by atoms with Crippen LogP contribution in [0.15, 0.2) is 164 Å². The average Bonchev–Trinajstić information content (AvgIpc) is 3.13. The van der Waals surface area contributed by atoms with Crippen molar-refractivity contribution in [3.63, 3.8) is 0 Å². The van der Waals surface area contributed by atoms with E-state index in [2.05, 4.69) is 149 Å². The van der Waals surface area contributed by atoms with Gasteiger partial charge in [0, 0.05) is 46.7 Å². The molecule has 214 valence electrons. The molecule has 0 aliphatic heterocycles. The molecule has 46 heavy (non-hydrogen) atoms. The summed E-state index contributed by atoms with van der Waals surface area (Å²) in [5.74, 6) is 0. The second-order valence-corrected chi connectivity index (χ2v) is 11.8. The van der Waals surface area contributed by atoms with Gasteiger partial charge in [-0.25, -0.2) is 4.98 Å². The third-order valence-electron chi connectivity index (χ3n) is 8.97. The number of nitrogens with zero attached hydrogens (tertiary/aromatic N) is 3. The highest BCUT2D eigenvalue weighted by Crippen LogP contribution is 2.36. The second kappa shape index (κ2) is 10.8. The number of pyridine rings is 3. The highest BCUT2D eigenvalue weighted by Gasteiger charge is 2.12. The second-order valence-electron chi connectivity index (χ2n) is 11.8. The van der Waals surface area contributed by atoms with E-state index in [9.17, 15) is 0 Å². The molecule has 0 bridgehead atoms. The Morgan fingerprint density at radius 2 is 0.870 bits per heavy atom. The topological polar surface area (TPSA) is 38.7 Å². The van der Waals surface area contributed by atoms with Crippen LogP contribution in [0.2, 0.25) is 0 Å². The van der Waals surface area contributed by atoms with Crippen molar-refractivity contribution >= 4 is 43.1 Å². The van der Waals surface area contributed by atoms with Crippen molar-refractivity contribution in [2.24, 2.45) is 0 Å². The lowest BCUT2D eigenvalue weighted by molar-refractivity contribution is 1.32. The molecule has 3 nitrogen and oxygen atoms in total. The zero-order valence-corrected chi connectivity index (χ0v) is 24.9. The summed E-state index contributed by atoms with van der Waals surface area (Å²) in [6.45, 7) is 0. The number of aromatic nitrogens is 3. The fourth-order valence-corrected chi connectivity index (χ4v) is 6.54. The van der Waals surface area contributed by atoms with Crippen molar-refractivity contribution in [1.29, 1.82) is 0 Å². The molecule has 0 atom stereocenters. The summed E-state index contributed by atoms with van der Waals surface area (Å²) < 4.78 is 0. The zero-order valence-electron chi connectivity index (χ0n) is 24.9. The van der Waals surface area contributed by atoms with Gasteiger partial charge >= 0.3 is 0 Å². The van der Waals surface area contributed by atoms with Gasteiger partial charge in [-0.3, -0.25) is 9.97 Å². The number of rotatable bonds is 4. The molecule has 0 saturated heterocycles. The number of benzene rings is 6. The maximum atomic E-state index is 5.21. The minimum absolute atomic E-state index is 0.936. The summed E-state index contributed by atoms with van der Waals surface area (Å²) >= 11 is 0. The fourth-order valence-electron chi connectivity index (χ4n) is 6.54. The van der Waals surface area contributed by atoms with Crippen LogP contribution in [0.4, 0.5) is 0 Å². The van der Waals surface area contributed by atoms with Crippen LogP contribution in [-0.4, -0.2) is 15.0 Å². The molecule has 3 aromatic heterocycles. The van der Waals surface area contributed by atoms with Crippen LogP contribution >= 0.6 is 0 Å². The summed E-state index contributed by atoms with van der Waals surface area (Å²) in [4.78, 5) is 13.8. The molecule has 0 saturated carbocycles. The molecular formula is C43H27N3. The smallest absolute Gasteiger partial charge is 0.0715 e. The van der Waals surface area contributed by atoms with Gasteiger partial charge in [-0.2, -0.15) is 0 Å². The normalized spacial score (nSPS) is 11.5. The summed E-state index contributed by atoms with van der Waals surface area (Å²) in [6, 6.07) is 50.1. The first-order valence-electron chi connectivity index (χ1n) is 15.5. The van der Waals surface area contributed by atoms with E-state index in [4.69, 9.17) is 4.98 Å². The quantitative estimate of drug-likeness (QED) is 0.193. The first-order valence-corrected chi connectivity index (χ1v) is 15.5. The van der Waals surface area contributed by atoms with E-state index in [1.165, 1.54) is 32.7 Å². The van der Waals surface area contributed by atoms with Crippen molar-refractivity contribution in [2.45, 2.75) is 0 Å². The molecule has 6 aromatic carbocycles. The van der Waals surface area contributed by atoms with Gasteiger partial charge in [0.15, 0.2) is 0 Å². The van der Waals surface area contributed by atoms with Gasteiger partial charge in [0.05, 0.1) is 11.4 Å². The largest absolute Gasteiger partial charge is 0.264 e. The van der Waals surface area contributed by atoms with Gasteiger partial charge in [0.25, 0.3) is 0 Å². The van der Waals surface area contributed by atoms with Crippen molar-refractivity contribution in [2.75, 3.05) is 0 Å². The Morgan fingerprint density at radius 1 is 0.326 bits per heavy atom. The Labute approximate surface area is 266 Å². The van der Waals surface area contributed by atoms with Crippen LogP contribution in [0.5, 0.6) is 0 Å². The van der Waals surface area contributed by atoms with E-state index >= 15 is 0 Å². The highest BCUT2D eigenvalue weighted by molar-refractivity contribution is 6.05. The molecule has 0 aliphatic carbocycles. The van der Waals surface area contributed by atoms with Gasteiger partial charge in [-0.05, 0) is 103 Å². The molecule has 9 aromatic rings. The Hall–Kier alpha value is -6.19. The highest BCUT2D eigenvalue weighted by atomic mass is 14.7. The van der Waals surface area contributed by atoms with Crippen LogP contribution in [-0.2, 0) is 0 Å². The molecular weight excluding hydrogens is 558 g/mol. The van der Waals surface area contributed by atoms with Crippen LogP contribution in [0.25, 0.3) is 87.9 Å². The monoisotopic (exact) mass is 585 g/mol. The number of hydrogen-bond acceptors (Lipinski definition) is 3. The van der Waals surface area contributed by atoms with Gasteiger partial charge in [0.1, 0.15) is 0 Å². The van der Waals surface area contributed by atoms with E-state index in [0.717, 1.165) is 55.2 Å². The minimum Gasteiger partial charge on any atom is -0.264 e. The Balaban J connectivity index is 1.17. The summed E-state index contributed by atoms with van der Waals surface area (Å²) in [5.41, 5.74) is 8.73. The number of fused-ring (bicyclic) bond motifs is 4. The fraction of sp³-hybridized carbons (Fsp3) is 0. The molecule has 9 rings (SSSR count). The standard InChI is InChI=1S/C43H27N3/c1-2-5-31-23-41-34(20-30(31)4-1)6-3-7-40(41)29-10-8-28(9-11-29)39-24-42(35-12-14-37-26-44-18-16-32(37)21-35)46-43(25-39)36-13-15-38-27-45-19-17-33(38)22-36/h1-27H. The molecule has 0 aliphatic rings. The van der Waals surface area contributed by atoms with Gasteiger partial charge < -0.3 is 0 Å².